The first-order valence-corrected chi connectivity index (χ1v) is 11.2. The molecular formula is C24H34IN5O2. The Labute approximate surface area is 208 Å². The maximum absolute atomic E-state index is 6.03. The molecule has 0 bridgehead atoms. The van der Waals surface area contributed by atoms with Gasteiger partial charge in [0.1, 0.15) is 11.9 Å². The molecule has 1 aliphatic heterocycles. The Morgan fingerprint density at radius 3 is 2.78 bits per heavy atom. The lowest BCUT2D eigenvalue weighted by Gasteiger charge is -2.22. The first-order valence-electron chi connectivity index (χ1n) is 11.2. The normalized spacial score (nSPS) is 18.9. The molecule has 1 aromatic carbocycles. The van der Waals surface area contributed by atoms with Gasteiger partial charge in [0, 0.05) is 45.0 Å². The van der Waals surface area contributed by atoms with Crippen molar-refractivity contribution in [2.24, 2.45) is 4.99 Å². The average molecular weight is 551 g/mol. The molecule has 4 rings (SSSR count). The van der Waals surface area contributed by atoms with E-state index in [-0.39, 0.29) is 24.0 Å². The number of ether oxygens (including phenoxy) is 2. The molecule has 7 nitrogen and oxygen atoms in total. The van der Waals surface area contributed by atoms with Gasteiger partial charge in [0.15, 0.2) is 5.96 Å². The molecule has 2 aliphatic rings. The molecule has 1 unspecified atom stereocenters. The highest BCUT2D eigenvalue weighted by Crippen LogP contribution is 2.30. The van der Waals surface area contributed by atoms with Gasteiger partial charge in [-0.15, -0.1) is 24.0 Å². The van der Waals surface area contributed by atoms with E-state index in [0.29, 0.717) is 18.7 Å². The number of aliphatic imine (C=N–C) groups is 1. The van der Waals surface area contributed by atoms with Gasteiger partial charge in [-0.25, -0.2) is 4.98 Å². The first-order chi connectivity index (χ1) is 15.2. The number of anilines is 1. The van der Waals surface area contributed by atoms with Gasteiger partial charge in [-0.1, -0.05) is 12.1 Å². The van der Waals surface area contributed by atoms with E-state index in [1.807, 2.05) is 37.5 Å². The summed E-state index contributed by atoms with van der Waals surface area (Å²) in [5.41, 5.74) is 2.27. The molecule has 0 radical (unpaired) electrons. The molecule has 8 heteroatoms. The summed E-state index contributed by atoms with van der Waals surface area (Å²) >= 11 is 0. The zero-order valence-electron chi connectivity index (χ0n) is 18.9. The Morgan fingerprint density at radius 2 is 2.00 bits per heavy atom. The Hall–Kier alpha value is -2.23. The van der Waals surface area contributed by atoms with Gasteiger partial charge in [0.05, 0.1) is 12.8 Å². The summed E-state index contributed by atoms with van der Waals surface area (Å²) in [6.45, 7) is 2.57. The number of aromatic nitrogens is 1. The molecule has 2 aromatic rings. The second-order valence-electron chi connectivity index (χ2n) is 8.20. The number of para-hydroxylation sites is 2. The maximum Gasteiger partial charge on any atom is 0.213 e. The van der Waals surface area contributed by atoms with E-state index < -0.39 is 0 Å². The molecule has 2 heterocycles. The van der Waals surface area contributed by atoms with Crippen LogP contribution in [0, 0.1) is 0 Å². The van der Waals surface area contributed by atoms with Crippen LogP contribution in [-0.4, -0.2) is 50.3 Å². The Balaban J connectivity index is 0.00000289. The van der Waals surface area contributed by atoms with Crippen molar-refractivity contribution in [3.8, 4) is 11.6 Å². The zero-order chi connectivity index (χ0) is 21.5. The van der Waals surface area contributed by atoms with Crippen molar-refractivity contribution >= 4 is 35.6 Å². The van der Waals surface area contributed by atoms with Crippen LogP contribution in [0.25, 0.3) is 0 Å². The summed E-state index contributed by atoms with van der Waals surface area (Å²) in [5, 5.41) is 6.98. The fourth-order valence-electron chi connectivity index (χ4n) is 4.36. The predicted molar refractivity (Wildman–Crippen MR) is 139 cm³/mol. The molecule has 1 aromatic heterocycles. The van der Waals surface area contributed by atoms with E-state index in [9.17, 15) is 0 Å². The van der Waals surface area contributed by atoms with Gasteiger partial charge in [-0.3, -0.25) is 4.99 Å². The molecule has 1 saturated carbocycles. The van der Waals surface area contributed by atoms with E-state index in [4.69, 9.17) is 9.47 Å². The molecule has 2 fully saturated rings. The number of rotatable bonds is 7. The van der Waals surface area contributed by atoms with Gasteiger partial charge in [-0.05, 0) is 55.9 Å². The highest BCUT2D eigenvalue weighted by molar-refractivity contribution is 14.0. The number of hydrogen-bond donors (Lipinski definition) is 2. The molecule has 0 amide bonds. The minimum absolute atomic E-state index is 0. The number of halogens is 1. The average Bonchev–Trinajstić information content (AvgIpc) is 3.49. The number of pyridine rings is 1. The van der Waals surface area contributed by atoms with Gasteiger partial charge in [0.25, 0.3) is 0 Å². The Kier molecular flexibility index (Phi) is 9.25. The highest BCUT2D eigenvalue weighted by Gasteiger charge is 2.25. The van der Waals surface area contributed by atoms with E-state index >= 15 is 0 Å². The molecule has 0 spiro atoms. The highest BCUT2D eigenvalue weighted by atomic mass is 127. The lowest BCUT2D eigenvalue weighted by molar-refractivity contribution is 0.201. The number of guanidine groups is 1. The topological polar surface area (TPSA) is 71.0 Å². The van der Waals surface area contributed by atoms with Crippen LogP contribution in [-0.2, 0) is 6.54 Å². The lowest BCUT2D eigenvalue weighted by Crippen LogP contribution is -2.44. The van der Waals surface area contributed by atoms with Crippen molar-refractivity contribution in [2.75, 3.05) is 32.1 Å². The smallest absolute Gasteiger partial charge is 0.213 e. The third-order valence-electron chi connectivity index (χ3n) is 6.03. The molecular weight excluding hydrogens is 517 g/mol. The van der Waals surface area contributed by atoms with Crippen LogP contribution in [0.3, 0.4) is 0 Å². The predicted octanol–water partition coefficient (Wildman–Crippen LogP) is 3.97. The summed E-state index contributed by atoms with van der Waals surface area (Å²) in [4.78, 5) is 11.1. The quantitative estimate of drug-likeness (QED) is 0.309. The van der Waals surface area contributed by atoms with E-state index in [1.165, 1.54) is 12.8 Å². The SMILES string of the molecule is CN=C(NCc1ccnc(OC2CCCC2)c1)NC1CCN(c2ccccc2OC)C1.I. The van der Waals surface area contributed by atoms with Crippen molar-refractivity contribution < 1.29 is 9.47 Å². The van der Waals surface area contributed by atoms with E-state index in [0.717, 1.165) is 61.2 Å². The van der Waals surface area contributed by atoms with Crippen LogP contribution in [0.1, 0.15) is 37.7 Å². The number of nitrogens with zero attached hydrogens (tertiary/aromatic N) is 3. The van der Waals surface area contributed by atoms with E-state index in [2.05, 4.69) is 37.6 Å². The van der Waals surface area contributed by atoms with Gasteiger partial charge < -0.3 is 25.0 Å². The van der Waals surface area contributed by atoms with Crippen LogP contribution in [0.15, 0.2) is 47.6 Å². The van der Waals surface area contributed by atoms with Crippen LogP contribution in [0.4, 0.5) is 5.69 Å². The number of benzene rings is 1. The summed E-state index contributed by atoms with van der Waals surface area (Å²) in [6, 6.07) is 12.5. The zero-order valence-corrected chi connectivity index (χ0v) is 21.2. The van der Waals surface area contributed by atoms with Crippen LogP contribution >= 0.6 is 24.0 Å². The molecule has 2 N–H and O–H groups in total. The fourth-order valence-corrected chi connectivity index (χ4v) is 4.36. The standard InChI is InChI=1S/C24H33N5O2.HI/c1-25-24(27-16-18-11-13-26-23(15-18)31-20-7-3-4-8-20)28-19-12-14-29(17-19)21-9-5-6-10-22(21)30-2;/h5-6,9-11,13,15,19-20H,3-4,7-8,12,14,16-17H2,1-2H3,(H2,25,27,28);1H. The third-order valence-corrected chi connectivity index (χ3v) is 6.03. The van der Waals surface area contributed by atoms with E-state index in [1.54, 1.807) is 7.11 Å². The molecule has 32 heavy (non-hydrogen) atoms. The monoisotopic (exact) mass is 551 g/mol. The molecule has 1 saturated heterocycles. The van der Waals surface area contributed by atoms with Crippen LogP contribution in [0.2, 0.25) is 0 Å². The first kappa shape index (κ1) is 24.4. The van der Waals surface area contributed by atoms with Crippen LogP contribution < -0.4 is 25.0 Å². The largest absolute Gasteiger partial charge is 0.495 e. The van der Waals surface area contributed by atoms with Gasteiger partial charge >= 0.3 is 0 Å². The van der Waals surface area contributed by atoms with Crippen molar-refractivity contribution in [1.29, 1.82) is 0 Å². The maximum atomic E-state index is 6.03. The summed E-state index contributed by atoms with van der Waals surface area (Å²) in [6.07, 6.45) is 7.96. The third kappa shape index (κ3) is 6.40. The van der Waals surface area contributed by atoms with Crippen molar-refractivity contribution in [1.82, 2.24) is 15.6 Å². The van der Waals surface area contributed by atoms with Crippen molar-refractivity contribution in [3.05, 3.63) is 48.2 Å². The second kappa shape index (κ2) is 12.1. The molecule has 1 atom stereocenters. The van der Waals surface area contributed by atoms with Crippen LogP contribution in [0.5, 0.6) is 11.6 Å². The van der Waals surface area contributed by atoms with Crippen molar-refractivity contribution in [3.63, 3.8) is 0 Å². The lowest BCUT2D eigenvalue weighted by atomic mass is 10.2. The van der Waals surface area contributed by atoms with Crippen molar-refractivity contribution in [2.45, 2.75) is 50.8 Å². The summed E-state index contributed by atoms with van der Waals surface area (Å²) < 4.78 is 11.5. The van der Waals surface area contributed by atoms with Gasteiger partial charge in [-0.2, -0.15) is 0 Å². The second-order valence-corrected chi connectivity index (χ2v) is 8.20. The summed E-state index contributed by atoms with van der Waals surface area (Å²) in [5.74, 6) is 2.44. The number of methoxy groups -OCH3 is 1. The minimum atomic E-state index is 0. The Morgan fingerprint density at radius 1 is 1.19 bits per heavy atom. The molecule has 1 aliphatic carbocycles. The Bertz CT molecular complexity index is 888. The molecule has 174 valence electrons. The minimum Gasteiger partial charge on any atom is -0.495 e. The van der Waals surface area contributed by atoms with Gasteiger partial charge in [0.2, 0.25) is 5.88 Å². The number of nitrogens with one attached hydrogen (secondary N) is 2. The fraction of sp³-hybridized carbons (Fsp3) is 0.500. The summed E-state index contributed by atoms with van der Waals surface area (Å²) in [7, 11) is 3.53. The number of hydrogen-bond acceptors (Lipinski definition) is 5.